The summed E-state index contributed by atoms with van der Waals surface area (Å²) in [5.41, 5.74) is 1.93. The standard InChI is InChI=1S/C22H21N3O2.2C2H6/c26-22(24-20-8-2-1-3-9-20)27-15-21-13-23-16-25(21)14-17-10-11-18-6-4-5-7-19(18)12-17;2*1-2/h1-12,16,21H,13-15H2,(H,24,26);2*1-2H3. The van der Waals surface area contributed by atoms with E-state index in [0.29, 0.717) is 13.2 Å². The molecule has 1 N–H and O–H groups in total. The second-order valence-corrected chi connectivity index (χ2v) is 6.58. The summed E-state index contributed by atoms with van der Waals surface area (Å²) in [6.45, 7) is 9.67. The molecule has 5 nitrogen and oxygen atoms in total. The monoisotopic (exact) mass is 419 g/mol. The van der Waals surface area contributed by atoms with Gasteiger partial charge < -0.3 is 9.64 Å². The van der Waals surface area contributed by atoms with Crippen molar-refractivity contribution in [1.29, 1.82) is 0 Å². The number of anilines is 1. The van der Waals surface area contributed by atoms with Crippen LogP contribution < -0.4 is 5.32 Å². The normalized spacial score (nSPS) is 14.2. The Balaban J connectivity index is 0.000000807. The van der Waals surface area contributed by atoms with Crippen molar-refractivity contribution in [2.45, 2.75) is 40.3 Å². The van der Waals surface area contributed by atoms with Gasteiger partial charge in [-0.3, -0.25) is 10.3 Å². The lowest BCUT2D eigenvalue weighted by molar-refractivity contribution is 0.132. The Hall–Kier alpha value is -3.34. The maximum absolute atomic E-state index is 12.0. The van der Waals surface area contributed by atoms with E-state index in [-0.39, 0.29) is 6.04 Å². The molecule has 0 spiro atoms. The zero-order valence-electron chi connectivity index (χ0n) is 18.9. The zero-order valence-corrected chi connectivity index (χ0v) is 18.9. The van der Waals surface area contributed by atoms with Crippen molar-refractivity contribution in [3.05, 3.63) is 78.4 Å². The highest BCUT2D eigenvalue weighted by atomic mass is 16.5. The first-order valence-electron chi connectivity index (χ1n) is 11.0. The van der Waals surface area contributed by atoms with Crippen LogP contribution in [-0.2, 0) is 11.3 Å². The lowest BCUT2D eigenvalue weighted by Gasteiger charge is -2.24. The minimum Gasteiger partial charge on any atom is -0.447 e. The quantitative estimate of drug-likeness (QED) is 0.524. The van der Waals surface area contributed by atoms with Crippen molar-refractivity contribution >= 4 is 28.9 Å². The second-order valence-electron chi connectivity index (χ2n) is 6.58. The second kappa shape index (κ2) is 13.1. The molecule has 0 saturated carbocycles. The number of amides is 1. The number of ether oxygens (including phenoxy) is 1. The van der Waals surface area contributed by atoms with Gasteiger partial charge in [0.1, 0.15) is 6.61 Å². The van der Waals surface area contributed by atoms with Crippen LogP contribution in [0.3, 0.4) is 0 Å². The first kappa shape index (κ1) is 23.9. The van der Waals surface area contributed by atoms with E-state index in [1.807, 2.05) is 76.5 Å². The Labute approximate surface area is 185 Å². The third-order valence-electron chi connectivity index (χ3n) is 4.62. The number of para-hydroxylation sites is 1. The molecular formula is C26H33N3O2. The van der Waals surface area contributed by atoms with E-state index in [0.717, 1.165) is 12.2 Å². The molecule has 0 saturated heterocycles. The number of hydrogen-bond donors (Lipinski definition) is 1. The van der Waals surface area contributed by atoms with Gasteiger partial charge in [-0.1, -0.05) is 82.3 Å². The summed E-state index contributed by atoms with van der Waals surface area (Å²) in [6, 6.07) is 24.1. The number of fused-ring (bicyclic) bond motifs is 1. The smallest absolute Gasteiger partial charge is 0.411 e. The SMILES string of the molecule is CC.CC.O=C(Nc1ccccc1)OCC1CN=CN1Cc1ccc2ccccc2c1. The molecule has 3 aromatic carbocycles. The van der Waals surface area contributed by atoms with Gasteiger partial charge in [0.15, 0.2) is 0 Å². The maximum Gasteiger partial charge on any atom is 0.411 e. The number of carbonyl (C=O) groups is 1. The summed E-state index contributed by atoms with van der Waals surface area (Å²) in [4.78, 5) is 18.5. The largest absolute Gasteiger partial charge is 0.447 e. The van der Waals surface area contributed by atoms with E-state index in [9.17, 15) is 4.79 Å². The molecular weight excluding hydrogens is 386 g/mol. The van der Waals surface area contributed by atoms with Gasteiger partial charge in [0.25, 0.3) is 0 Å². The summed E-state index contributed by atoms with van der Waals surface area (Å²) in [7, 11) is 0. The van der Waals surface area contributed by atoms with E-state index in [4.69, 9.17) is 4.74 Å². The summed E-state index contributed by atoms with van der Waals surface area (Å²) in [6.07, 6.45) is 1.40. The molecule has 1 aliphatic rings. The number of aliphatic imine (C=N–C) groups is 1. The highest BCUT2D eigenvalue weighted by Gasteiger charge is 2.22. The molecule has 5 heteroatoms. The molecule has 0 bridgehead atoms. The Kier molecular flexibility index (Phi) is 10.1. The fourth-order valence-corrected chi connectivity index (χ4v) is 3.19. The topological polar surface area (TPSA) is 53.9 Å². The number of rotatable bonds is 5. The summed E-state index contributed by atoms with van der Waals surface area (Å²) in [5, 5.41) is 5.18. The van der Waals surface area contributed by atoms with Crippen LogP contribution in [0.4, 0.5) is 10.5 Å². The van der Waals surface area contributed by atoms with E-state index in [2.05, 4.69) is 45.5 Å². The maximum atomic E-state index is 12.0. The number of nitrogens with zero attached hydrogens (tertiary/aromatic N) is 2. The Morgan fingerprint density at radius 1 is 0.968 bits per heavy atom. The minimum atomic E-state index is -0.446. The third kappa shape index (κ3) is 7.14. The first-order chi connectivity index (χ1) is 15.3. The van der Waals surface area contributed by atoms with Crippen molar-refractivity contribution in [2.75, 3.05) is 18.5 Å². The predicted octanol–water partition coefficient (Wildman–Crippen LogP) is 6.35. The van der Waals surface area contributed by atoms with Gasteiger partial charge in [0.2, 0.25) is 0 Å². The van der Waals surface area contributed by atoms with Gasteiger partial charge in [-0.2, -0.15) is 0 Å². The molecule has 4 rings (SSSR count). The van der Waals surface area contributed by atoms with Gasteiger partial charge in [0, 0.05) is 12.2 Å². The molecule has 1 unspecified atom stereocenters. The molecule has 31 heavy (non-hydrogen) atoms. The number of carbonyl (C=O) groups excluding carboxylic acids is 1. The predicted molar refractivity (Wildman–Crippen MR) is 131 cm³/mol. The Morgan fingerprint density at radius 2 is 1.65 bits per heavy atom. The van der Waals surface area contributed by atoms with E-state index >= 15 is 0 Å². The fraction of sp³-hybridized carbons (Fsp3) is 0.308. The van der Waals surface area contributed by atoms with E-state index in [1.54, 1.807) is 0 Å². The molecule has 0 fully saturated rings. The van der Waals surface area contributed by atoms with Gasteiger partial charge in [0.05, 0.1) is 18.9 Å². The summed E-state index contributed by atoms with van der Waals surface area (Å²) >= 11 is 0. The van der Waals surface area contributed by atoms with Crippen LogP contribution in [0.2, 0.25) is 0 Å². The van der Waals surface area contributed by atoms with Crippen molar-refractivity contribution in [1.82, 2.24) is 4.90 Å². The molecule has 1 heterocycles. The van der Waals surface area contributed by atoms with Crippen LogP contribution in [0.5, 0.6) is 0 Å². The number of nitrogens with one attached hydrogen (secondary N) is 1. The van der Waals surface area contributed by atoms with Crippen LogP contribution in [-0.4, -0.2) is 36.5 Å². The average molecular weight is 420 g/mol. The highest BCUT2D eigenvalue weighted by Crippen LogP contribution is 2.18. The van der Waals surface area contributed by atoms with Crippen LogP contribution in [0, 0.1) is 0 Å². The zero-order chi connectivity index (χ0) is 22.5. The lowest BCUT2D eigenvalue weighted by Crippen LogP contribution is -2.36. The number of benzene rings is 3. The van der Waals surface area contributed by atoms with Crippen molar-refractivity contribution in [2.24, 2.45) is 4.99 Å². The van der Waals surface area contributed by atoms with Gasteiger partial charge >= 0.3 is 6.09 Å². The minimum absolute atomic E-state index is 0.0537. The molecule has 0 aromatic heterocycles. The van der Waals surface area contributed by atoms with Gasteiger partial charge in [-0.05, 0) is 34.5 Å². The number of hydrogen-bond acceptors (Lipinski definition) is 4. The van der Waals surface area contributed by atoms with Gasteiger partial charge in [-0.15, -0.1) is 0 Å². The highest BCUT2D eigenvalue weighted by molar-refractivity contribution is 5.84. The van der Waals surface area contributed by atoms with Crippen LogP contribution >= 0.6 is 0 Å². The van der Waals surface area contributed by atoms with Crippen molar-refractivity contribution < 1.29 is 9.53 Å². The van der Waals surface area contributed by atoms with Crippen LogP contribution in [0.1, 0.15) is 33.3 Å². The Morgan fingerprint density at radius 3 is 2.39 bits per heavy atom. The summed E-state index contributed by atoms with van der Waals surface area (Å²) in [5.74, 6) is 0. The fourth-order valence-electron chi connectivity index (χ4n) is 3.19. The third-order valence-corrected chi connectivity index (χ3v) is 4.62. The van der Waals surface area contributed by atoms with Crippen molar-refractivity contribution in [3.63, 3.8) is 0 Å². The molecule has 3 aromatic rings. The molecule has 0 radical (unpaired) electrons. The molecule has 164 valence electrons. The molecule has 1 atom stereocenters. The first-order valence-corrected chi connectivity index (χ1v) is 11.0. The average Bonchev–Trinajstić information content (AvgIpc) is 3.28. The van der Waals surface area contributed by atoms with E-state index in [1.165, 1.54) is 16.3 Å². The Bertz CT molecular complexity index is 957. The van der Waals surface area contributed by atoms with Gasteiger partial charge in [-0.25, -0.2) is 4.79 Å². The summed E-state index contributed by atoms with van der Waals surface area (Å²) < 4.78 is 5.40. The van der Waals surface area contributed by atoms with Crippen molar-refractivity contribution in [3.8, 4) is 0 Å². The van der Waals surface area contributed by atoms with Crippen LogP contribution in [0.15, 0.2) is 77.8 Å². The molecule has 0 aliphatic carbocycles. The van der Waals surface area contributed by atoms with Crippen LogP contribution in [0.25, 0.3) is 10.8 Å². The molecule has 1 amide bonds. The lowest BCUT2D eigenvalue weighted by atomic mass is 10.1. The molecule has 1 aliphatic heterocycles. The van der Waals surface area contributed by atoms with E-state index < -0.39 is 6.09 Å².